The van der Waals surface area contributed by atoms with Crippen LogP contribution in [0.4, 0.5) is 11.4 Å². The van der Waals surface area contributed by atoms with Crippen molar-refractivity contribution in [3.63, 3.8) is 0 Å². The predicted octanol–water partition coefficient (Wildman–Crippen LogP) is 2.88. The van der Waals surface area contributed by atoms with Gasteiger partial charge >= 0.3 is 5.97 Å². The Balaban J connectivity index is 2.16. The van der Waals surface area contributed by atoms with Gasteiger partial charge in [-0.3, -0.25) is 25.5 Å². The Morgan fingerprint density at radius 2 is 1.48 bits per heavy atom. The maximum Gasteiger partial charge on any atom is 0.337 e. The molecule has 1 aliphatic heterocycles. The Hall–Kier alpha value is -3.79. The summed E-state index contributed by atoms with van der Waals surface area (Å²) < 4.78 is 4.86. The molecule has 0 amide bonds. The number of hydrogen-bond donors (Lipinski definition) is 2. The number of ether oxygens (including phenoxy) is 1. The molecule has 0 saturated carbocycles. The smallest absolute Gasteiger partial charge is 0.337 e. The van der Waals surface area contributed by atoms with Crippen LogP contribution in [0.1, 0.15) is 30.3 Å². The summed E-state index contributed by atoms with van der Waals surface area (Å²) in [5.74, 6) is -0.660. The molecule has 2 atom stereocenters. The Labute approximate surface area is 165 Å². The summed E-state index contributed by atoms with van der Waals surface area (Å²) in [7, 11) is 1.22. The first kappa shape index (κ1) is 20.0. The first-order valence-corrected chi connectivity index (χ1v) is 8.63. The highest BCUT2D eigenvalue weighted by Gasteiger charge is 2.37. The fourth-order valence-corrected chi connectivity index (χ4v) is 3.39. The van der Waals surface area contributed by atoms with Crippen LogP contribution in [0.5, 0.6) is 0 Å². The van der Waals surface area contributed by atoms with E-state index in [-0.39, 0.29) is 22.5 Å². The molecule has 29 heavy (non-hydrogen) atoms. The van der Waals surface area contributed by atoms with Gasteiger partial charge in [-0.25, -0.2) is 4.79 Å². The number of esters is 1. The van der Waals surface area contributed by atoms with Crippen molar-refractivity contribution in [3.05, 3.63) is 91.2 Å². The SMILES string of the molecule is COC(=O)C1=C(C)NC(c2ccccc2[N+](=O)[O-])NC1c1ccccc1[N+](=O)[O-]. The summed E-state index contributed by atoms with van der Waals surface area (Å²) in [5.41, 5.74) is 0.862. The number of allylic oxidation sites excluding steroid dienone is 1. The lowest BCUT2D eigenvalue weighted by molar-refractivity contribution is -0.386. The lowest BCUT2D eigenvalue weighted by atomic mass is 9.92. The van der Waals surface area contributed by atoms with Crippen LogP contribution in [0.25, 0.3) is 0 Å². The molecule has 0 radical (unpaired) electrons. The van der Waals surface area contributed by atoms with Crippen molar-refractivity contribution >= 4 is 17.3 Å². The average molecular weight is 398 g/mol. The van der Waals surface area contributed by atoms with Gasteiger partial charge in [0.2, 0.25) is 0 Å². The third-order valence-corrected chi connectivity index (χ3v) is 4.68. The molecule has 0 bridgehead atoms. The Kier molecular flexibility index (Phi) is 5.55. The van der Waals surface area contributed by atoms with Crippen molar-refractivity contribution in [2.75, 3.05) is 7.11 Å². The van der Waals surface area contributed by atoms with Crippen LogP contribution in [0.15, 0.2) is 59.8 Å². The van der Waals surface area contributed by atoms with Gasteiger partial charge in [-0.05, 0) is 13.0 Å². The number of nitro benzene ring substituents is 2. The zero-order valence-corrected chi connectivity index (χ0v) is 15.6. The summed E-state index contributed by atoms with van der Waals surface area (Å²) in [6.07, 6.45) is -0.755. The number of nitrogens with zero attached hydrogens (tertiary/aromatic N) is 2. The van der Waals surface area contributed by atoms with E-state index in [0.29, 0.717) is 11.3 Å². The summed E-state index contributed by atoms with van der Waals surface area (Å²) >= 11 is 0. The van der Waals surface area contributed by atoms with E-state index in [1.54, 1.807) is 31.2 Å². The first-order chi connectivity index (χ1) is 13.8. The minimum Gasteiger partial charge on any atom is -0.466 e. The second-order valence-corrected chi connectivity index (χ2v) is 6.34. The number of nitrogens with one attached hydrogen (secondary N) is 2. The molecule has 0 aliphatic carbocycles. The van der Waals surface area contributed by atoms with Crippen molar-refractivity contribution in [2.45, 2.75) is 19.1 Å². The number of benzene rings is 2. The maximum absolute atomic E-state index is 12.4. The quantitative estimate of drug-likeness (QED) is 0.446. The second-order valence-electron chi connectivity index (χ2n) is 6.34. The Morgan fingerprint density at radius 1 is 0.966 bits per heavy atom. The van der Waals surface area contributed by atoms with Crippen molar-refractivity contribution < 1.29 is 19.4 Å². The molecule has 0 spiro atoms. The highest BCUT2D eigenvalue weighted by atomic mass is 16.6. The Morgan fingerprint density at radius 3 is 2.03 bits per heavy atom. The largest absolute Gasteiger partial charge is 0.466 e. The van der Waals surface area contributed by atoms with Gasteiger partial charge in [-0.1, -0.05) is 30.3 Å². The number of hydrogen-bond acceptors (Lipinski definition) is 8. The van der Waals surface area contributed by atoms with Gasteiger partial charge in [0.05, 0.1) is 39.7 Å². The third-order valence-electron chi connectivity index (χ3n) is 4.68. The van der Waals surface area contributed by atoms with Crippen molar-refractivity contribution in [3.8, 4) is 0 Å². The number of methoxy groups -OCH3 is 1. The van der Waals surface area contributed by atoms with Crippen molar-refractivity contribution in [1.29, 1.82) is 0 Å². The van der Waals surface area contributed by atoms with Gasteiger partial charge < -0.3 is 10.1 Å². The van der Waals surface area contributed by atoms with Crippen LogP contribution in [0, 0.1) is 20.2 Å². The number of rotatable bonds is 5. The number of carbonyl (C=O) groups is 1. The zero-order chi connectivity index (χ0) is 21.1. The van der Waals surface area contributed by atoms with Crippen LogP contribution in [-0.2, 0) is 9.53 Å². The molecule has 2 aromatic rings. The molecule has 0 fully saturated rings. The van der Waals surface area contributed by atoms with E-state index in [9.17, 15) is 25.0 Å². The molecule has 0 saturated heterocycles. The zero-order valence-electron chi connectivity index (χ0n) is 15.6. The van der Waals surface area contributed by atoms with Gasteiger partial charge in [0, 0.05) is 17.8 Å². The first-order valence-electron chi connectivity index (χ1n) is 8.63. The summed E-state index contributed by atoms with van der Waals surface area (Å²) in [6.45, 7) is 1.62. The van der Waals surface area contributed by atoms with E-state index in [2.05, 4.69) is 10.6 Å². The molecule has 0 aromatic heterocycles. The molecule has 2 aromatic carbocycles. The number of carbonyl (C=O) groups excluding carboxylic acids is 1. The normalized spacial score (nSPS) is 18.7. The molecule has 150 valence electrons. The number of para-hydroxylation sites is 2. The van der Waals surface area contributed by atoms with Crippen LogP contribution < -0.4 is 10.6 Å². The molecule has 3 rings (SSSR count). The summed E-state index contributed by atoms with van der Waals surface area (Å²) in [4.78, 5) is 34.3. The lowest BCUT2D eigenvalue weighted by Crippen LogP contribution is -2.44. The van der Waals surface area contributed by atoms with Crippen LogP contribution in [-0.4, -0.2) is 22.9 Å². The summed E-state index contributed by atoms with van der Waals surface area (Å²) in [6, 6.07) is 11.3. The summed E-state index contributed by atoms with van der Waals surface area (Å²) in [5, 5.41) is 29.1. The average Bonchev–Trinajstić information content (AvgIpc) is 2.72. The lowest BCUT2D eigenvalue weighted by Gasteiger charge is -2.34. The van der Waals surface area contributed by atoms with Crippen LogP contribution >= 0.6 is 0 Å². The van der Waals surface area contributed by atoms with Crippen molar-refractivity contribution in [1.82, 2.24) is 10.6 Å². The van der Waals surface area contributed by atoms with E-state index in [1.165, 1.54) is 31.4 Å². The molecule has 10 heteroatoms. The van der Waals surface area contributed by atoms with E-state index >= 15 is 0 Å². The third kappa shape index (κ3) is 3.78. The minimum absolute atomic E-state index is 0.117. The van der Waals surface area contributed by atoms with Crippen LogP contribution in [0.2, 0.25) is 0 Å². The van der Waals surface area contributed by atoms with Gasteiger partial charge in [0.15, 0.2) is 0 Å². The molecular weight excluding hydrogens is 380 g/mol. The van der Waals surface area contributed by atoms with E-state index in [0.717, 1.165) is 0 Å². The topological polar surface area (TPSA) is 137 Å². The molecule has 2 unspecified atom stereocenters. The molecule has 2 N–H and O–H groups in total. The second kappa shape index (κ2) is 8.07. The highest BCUT2D eigenvalue weighted by Crippen LogP contribution is 2.37. The standard InChI is InChI=1S/C19H18N4O6/c1-11-16(19(24)29-2)17(12-7-3-5-9-14(12)22(25)26)21-18(20-11)13-8-4-6-10-15(13)23(27)28/h3-10,17-18,20-21H,1-2H3. The predicted molar refractivity (Wildman–Crippen MR) is 103 cm³/mol. The molecule has 1 aliphatic rings. The fourth-order valence-electron chi connectivity index (χ4n) is 3.39. The number of nitro groups is 2. The van der Waals surface area contributed by atoms with Gasteiger partial charge in [-0.15, -0.1) is 0 Å². The molecule has 1 heterocycles. The Bertz CT molecular complexity index is 1020. The van der Waals surface area contributed by atoms with E-state index in [1.807, 2.05) is 0 Å². The van der Waals surface area contributed by atoms with E-state index in [4.69, 9.17) is 4.74 Å². The van der Waals surface area contributed by atoms with Gasteiger partial charge in [-0.2, -0.15) is 0 Å². The van der Waals surface area contributed by atoms with Gasteiger partial charge in [0.25, 0.3) is 11.4 Å². The highest BCUT2D eigenvalue weighted by molar-refractivity contribution is 5.91. The molecular formula is C19H18N4O6. The van der Waals surface area contributed by atoms with Gasteiger partial charge in [0.1, 0.15) is 6.17 Å². The monoisotopic (exact) mass is 398 g/mol. The van der Waals surface area contributed by atoms with Crippen LogP contribution in [0.3, 0.4) is 0 Å². The van der Waals surface area contributed by atoms with E-state index < -0.39 is 28.0 Å². The maximum atomic E-state index is 12.4. The van der Waals surface area contributed by atoms with Crippen molar-refractivity contribution in [2.24, 2.45) is 0 Å². The molecule has 10 nitrogen and oxygen atoms in total. The minimum atomic E-state index is -0.907. The fraction of sp³-hybridized carbons (Fsp3) is 0.211.